The van der Waals surface area contributed by atoms with Crippen LogP contribution in [0.3, 0.4) is 0 Å². The summed E-state index contributed by atoms with van der Waals surface area (Å²) < 4.78 is 47.6. The van der Waals surface area contributed by atoms with Gasteiger partial charge in [0.25, 0.3) is 11.8 Å². The molecule has 2 aromatic rings. The van der Waals surface area contributed by atoms with Gasteiger partial charge >= 0.3 is 0 Å². The summed E-state index contributed by atoms with van der Waals surface area (Å²) >= 11 is 0. The Hall–Kier alpha value is -3.23. The number of rotatable bonds is 8. The molecule has 0 spiro atoms. The van der Waals surface area contributed by atoms with Crippen LogP contribution in [0.5, 0.6) is 5.88 Å². The van der Waals surface area contributed by atoms with E-state index in [0.717, 1.165) is 13.1 Å². The molecule has 0 saturated carbocycles. The highest BCUT2D eigenvalue weighted by Crippen LogP contribution is 2.33. The number of amides is 1. The summed E-state index contributed by atoms with van der Waals surface area (Å²) in [5, 5.41) is 0. The van der Waals surface area contributed by atoms with E-state index in [4.69, 9.17) is 4.74 Å². The maximum atomic E-state index is 15.3. The Morgan fingerprint density at radius 1 is 1.24 bits per heavy atom. The average Bonchev–Trinajstić information content (AvgIpc) is 2.80. The van der Waals surface area contributed by atoms with Gasteiger partial charge in [0.05, 0.1) is 11.6 Å². The SMILES string of the molecule is CCN(C(=O)C1=C(c2ncccn2)C=CC(C)C1F)C(C)COc1ccc(C(C)(F)F)cn1. The van der Waals surface area contributed by atoms with Crippen LogP contribution in [0.1, 0.15) is 39.1 Å². The molecule has 3 unspecified atom stereocenters. The van der Waals surface area contributed by atoms with Crippen LogP contribution in [0, 0.1) is 5.92 Å². The summed E-state index contributed by atoms with van der Waals surface area (Å²) in [6, 6.07) is 3.82. The number of pyridine rings is 1. The number of hydrogen-bond donors (Lipinski definition) is 0. The summed E-state index contributed by atoms with van der Waals surface area (Å²) in [5.74, 6) is -3.49. The van der Waals surface area contributed by atoms with Gasteiger partial charge in [-0.1, -0.05) is 19.1 Å². The second-order valence-corrected chi connectivity index (χ2v) is 8.04. The lowest BCUT2D eigenvalue weighted by Gasteiger charge is -2.32. The molecule has 0 fully saturated rings. The highest BCUT2D eigenvalue weighted by Gasteiger charge is 2.35. The number of hydrogen-bond acceptors (Lipinski definition) is 5. The Morgan fingerprint density at radius 2 is 1.94 bits per heavy atom. The lowest BCUT2D eigenvalue weighted by atomic mass is 9.87. The van der Waals surface area contributed by atoms with Crippen LogP contribution in [-0.4, -0.2) is 51.1 Å². The molecule has 3 rings (SSSR count). The fraction of sp³-hybridized carbons (Fsp3) is 0.417. The third-order valence-electron chi connectivity index (χ3n) is 5.48. The minimum absolute atomic E-state index is 0.0116. The Labute approximate surface area is 191 Å². The van der Waals surface area contributed by atoms with Gasteiger partial charge in [-0.05, 0) is 26.0 Å². The first-order chi connectivity index (χ1) is 15.6. The number of nitrogens with zero attached hydrogens (tertiary/aromatic N) is 4. The van der Waals surface area contributed by atoms with E-state index in [2.05, 4.69) is 15.0 Å². The molecule has 0 bridgehead atoms. The summed E-state index contributed by atoms with van der Waals surface area (Å²) in [6.07, 6.45) is 6.02. The van der Waals surface area contributed by atoms with E-state index in [-0.39, 0.29) is 29.4 Å². The van der Waals surface area contributed by atoms with Gasteiger partial charge < -0.3 is 9.64 Å². The minimum atomic E-state index is -2.99. The second-order valence-electron chi connectivity index (χ2n) is 8.04. The number of carbonyl (C=O) groups excluding carboxylic acids is 1. The first-order valence-corrected chi connectivity index (χ1v) is 10.7. The molecule has 176 valence electrons. The fourth-order valence-electron chi connectivity index (χ4n) is 3.54. The molecular weight excluding hydrogens is 433 g/mol. The maximum absolute atomic E-state index is 15.3. The first kappa shape index (κ1) is 24.4. The fourth-order valence-corrected chi connectivity index (χ4v) is 3.54. The molecule has 3 atom stereocenters. The standard InChI is InChI=1S/C24H27F3N4O2/c1-5-31(16(3)14-33-19-10-8-17(13-30-19)24(4,26)27)23(32)20-18(9-7-15(2)21(20)25)22-28-11-6-12-29-22/h6-13,15-16,21H,5,14H2,1-4H3. The van der Waals surface area contributed by atoms with Crippen molar-refractivity contribution >= 4 is 11.5 Å². The molecule has 1 amide bonds. The van der Waals surface area contributed by atoms with E-state index in [1.54, 1.807) is 39.0 Å². The van der Waals surface area contributed by atoms with Gasteiger partial charge in [-0.3, -0.25) is 4.79 Å². The molecule has 0 aliphatic heterocycles. The molecule has 0 aromatic carbocycles. The van der Waals surface area contributed by atoms with Gasteiger partial charge in [0.2, 0.25) is 5.88 Å². The molecule has 2 heterocycles. The zero-order valence-electron chi connectivity index (χ0n) is 19.0. The number of carbonyl (C=O) groups is 1. The van der Waals surface area contributed by atoms with Crippen LogP contribution >= 0.6 is 0 Å². The quantitative estimate of drug-likeness (QED) is 0.576. The monoisotopic (exact) mass is 460 g/mol. The molecule has 9 heteroatoms. The molecule has 0 N–H and O–H groups in total. The number of aromatic nitrogens is 3. The molecule has 1 aliphatic carbocycles. The topological polar surface area (TPSA) is 68.2 Å². The minimum Gasteiger partial charge on any atom is -0.475 e. The van der Waals surface area contributed by atoms with Crippen LogP contribution in [0.2, 0.25) is 0 Å². The summed E-state index contributed by atoms with van der Waals surface area (Å²) in [6.45, 7) is 6.43. The lowest BCUT2D eigenvalue weighted by molar-refractivity contribution is -0.130. The molecule has 0 radical (unpaired) electrons. The van der Waals surface area contributed by atoms with Crippen molar-refractivity contribution in [2.75, 3.05) is 13.2 Å². The van der Waals surface area contributed by atoms with Crippen molar-refractivity contribution in [2.24, 2.45) is 5.92 Å². The third kappa shape index (κ3) is 5.58. The summed E-state index contributed by atoms with van der Waals surface area (Å²) in [4.78, 5) is 27.2. The maximum Gasteiger partial charge on any atom is 0.272 e. The Balaban J connectivity index is 1.80. The zero-order chi connectivity index (χ0) is 24.2. The third-order valence-corrected chi connectivity index (χ3v) is 5.48. The summed E-state index contributed by atoms with van der Waals surface area (Å²) in [7, 11) is 0. The van der Waals surface area contributed by atoms with Crippen LogP contribution in [0.15, 0.2) is 54.5 Å². The van der Waals surface area contributed by atoms with Crippen molar-refractivity contribution in [3.05, 3.63) is 65.9 Å². The predicted octanol–water partition coefficient (Wildman–Crippen LogP) is 4.60. The Kier molecular flexibility index (Phi) is 7.50. The molecule has 0 saturated heterocycles. The number of halogens is 3. The highest BCUT2D eigenvalue weighted by molar-refractivity contribution is 6.04. The van der Waals surface area contributed by atoms with Gasteiger partial charge in [0.1, 0.15) is 12.8 Å². The summed E-state index contributed by atoms with van der Waals surface area (Å²) in [5.41, 5.74) is 0.150. The van der Waals surface area contributed by atoms with Gasteiger partial charge in [-0.25, -0.2) is 28.1 Å². The Bertz CT molecular complexity index is 1020. The number of ether oxygens (including phenoxy) is 1. The van der Waals surface area contributed by atoms with E-state index in [9.17, 15) is 13.6 Å². The van der Waals surface area contributed by atoms with E-state index in [0.29, 0.717) is 12.1 Å². The number of allylic oxidation sites excluding steroid dienone is 3. The van der Waals surface area contributed by atoms with E-state index >= 15 is 4.39 Å². The predicted molar refractivity (Wildman–Crippen MR) is 118 cm³/mol. The second kappa shape index (κ2) is 10.1. The molecule has 6 nitrogen and oxygen atoms in total. The van der Waals surface area contributed by atoms with Crippen molar-refractivity contribution in [3.63, 3.8) is 0 Å². The van der Waals surface area contributed by atoms with E-state index < -0.39 is 30.0 Å². The van der Waals surface area contributed by atoms with E-state index in [1.807, 2.05) is 0 Å². The van der Waals surface area contributed by atoms with Crippen LogP contribution in [0.4, 0.5) is 13.2 Å². The van der Waals surface area contributed by atoms with Crippen molar-refractivity contribution in [1.29, 1.82) is 0 Å². The van der Waals surface area contributed by atoms with Crippen molar-refractivity contribution in [1.82, 2.24) is 19.9 Å². The van der Waals surface area contributed by atoms with Crippen molar-refractivity contribution in [3.8, 4) is 5.88 Å². The molecule has 1 aliphatic rings. The number of likely N-dealkylation sites (N-methyl/N-ethyl adjacent to an activating group) is 1. The van der Waals surface area contributed by atoms with E-state index in [1.165, 1.54) is 29.4 Å². The van der Waals surface area contributed by atoms with Gasteiger partial charge in [0, 0.05) is 55.2 Å². The van der Waals surface area contributed by atoms with Gasteiger partial charge in [-0.15, -0.1) is 0 Å². The Morgan fingerprint density at radius 3 is 2.52 bits per heavy atom. The van der Waals surface area contributed by atoms with Crippen molar-refractivity contribution < 1.29 is 22.7 Å². The van der Waals surface area contributed by atoms with Crippen LogP contribution < -0.4 is 4.74 Å². The van der Waals surface area contributed by atoms with Crippen LogP contribution in [0.25, 0.3) is 5.57 Å². The normalized spacial score (nSPS) is 19.4. The highest BCUT2D eigenvalue weighted by atomic mass is 19.3. The average molecular weight is 461 g/mol. The zero-order valence-corrected chi connectivity index (χ0v) is 19.0. The molecular formula is C24H27F3N4O2. The molecule has 2 aromatic heterocycles. The number of alkyl halides is 3. The van der Waals surface area contributed by atoms with Gasteiger partial charge in [-0.2, -0.15) is 0 Å². The largest absolute Gasteiger partial charge is 0.475 e. The lowest BCUT2D eigenvalue weighted by Crippen LogP contribution is -2.45. The van der Waals surface area contributed by atoms with Crippen LogP contribution in [-0.2, 0) is 10.7 Å². The smallest absolute Gasteiger partial charge is 0.272 e. The first-order valence-electron chi connectivity index (χ1n) is 10.7. The molecule has 33 heavy (non-hydrogen) atoms. The van der Waals surface area contributed by atoms with Gasteiger partial charge in [0.15, 0.2) is 5.82 Å². The van der Waals surface area contributed by atoms with Crippen molar-refractivity contribution in [2.45, 2.75) is 45.8 Å².